The van der Waals surface area contributed by atoms with Gasteiger partial charge in [0.25, 0.3) is 0 Å². The van der Waals surface area contributed by atoms with Crippen LogP contribution in [0.1, 0.15) is 41.0 Å². The number of aromatic nitrogens is 4. The van der Waals surface area contributed by atoms with Gasteiger partial charge in [0.05, 0.1) is 17.1 Å². The van der Waals surface area contributed by atoms with Crippen molar-refractivity contribution in [3.63, 3.8) is 0 Å². The average Bonchev–Trinajstić information content (AvgIpc) is 2.88. The highest BCUT2D eigenvalue weighted by Crippen LogP contribution is 2.25. The fourth-order valence-corrected chi connectivity index (χ4v) is 2.28. The normalized spacial score (nSPS) is 14.8. The molecule has 7 nitrogen and oxygen atoms in total. The van der Waals surface area contributed by atoms with Crippen molar-refractivity contribution >= 4 is 22.8 Å². The zero-order valence-electron chi connectivity index (χ0n) is 13.7. The van der Waals surface area contributed by atoms with Crippen LogP contribution in [0.15, 0.2) is 12.5 Å². The Kier molecular flexibility index (Phi) is 4.35. The second-order valence-corrected chi connectivity index (χ2v) is 6.53. The summed E-state index contributed by atoms with van der Waals surface area (Å²) in [5.41, 5.74) is 0.481. The Hall–Kier alpha value is -2.18. The molecule has 0 unspecified atom stereocenters. The summed E-state index contributed by atoms with van der Waals surface area (Å²) in [6.45, 7) is 9.98. The van der Waals surface area contributed by atoms with E-state index < -0.39 is 12.0 Å². The summed E-state index contributed by atoms with van der Waals surface area (Å²) in [7, 11) is 0. The summed E-state index contributed by atoms with van der Waals surface area (Å²) in [5.74, 6) is -0.391. The van der Waals surface area contributed by atoms with Crippen LogP contribution in [0.3, 0.4) is 0 Å². The van der Waals surface area contributed by atoms with E-state index in [0.29, 0.717) is 11.5 Å². The number of rotatable bonds is 5. The molecule has 22 heavy (non-hydrogen) atoms. The summed E-state index contributed by atoms with van der Waals surface area (Å²) in [5, 5.41) is 17.5. The number of hydrogen-bond acceptors (Lipinski definition) is 5. The fraction of sp³-hybridized carbons (Fsp3) is 0.600. The molecule has 0 aliphatic rings. The number of carboxylic acid groups (broad SMARTS) is 1. The number of hydrogen-bond donors (Lipinski definition) is 2. The Balaban J connectivity index is 2.44. The van der Waals surface area contributed by atoms with Crippen LogP contribution in [0.25, 0.3) is 11.0 Å². The van der Waals surface area contributed by atoms with Crippen LogP contribution in [0.2, 0.25) is 0 Å². The maximum Gasteiger partial charge on any atom is 0.326 e. The SMILES string of the molecule is CC[C@H](C)[C@H](Nc1ncnc2c1cnn2C(C)(C)C)C(=O)O. The highest BCUT2D eigenvalue weighted by Gasteiger charge is 2.26. The molecule has 0 spiro atoms. The first-order valence-corrected chi connectivity index (χ1v) is 7.44. The van der Waals surface area contributed by atoms with E-state index in [9.17, 15) is 9.90 Å². The van der Waals surface area contributed by atoms with Gasteiger partial charge in [0.15, 0.2) is 5.65 Å². The molecular weight excluding hydrogens is 282 g/mol. The third-order valence-electron chi connectivity index (χ3n) is 3.77. The van der Waals surface area contributed by atoms with Crippen LogP contribution in [-0.2, 0) is 10.3 Å². The van der Waals surface area contributed by atoms with Crippen LogP contribution in [0.4, 0.5) is 5.82 Å². The predicted molar refractivity (Wildman–Crippen MR) is 84.8 cm³/mol. The Morgan fingerprint density at radius 3 is 2.64 bits per heavy atom. The molecule has 7 heteroatoms. The number of fused-ring (bicyclic) bond motifs is 1. The number of anilines is 1. The van der Waals surface area contributed by atoms with Gasteiger partial charge in [0, 0.05) is 0 Å². The molecule has 2 N–H and O–H groups in total. The zero-order valence-corrected chi connectivity index (χ0v) is 13.7. The molecule has 2 aromatic rings. The van der Waals surface area contributed by atoms with Crippen molar-refractivity contribution in [2.45, 2.75) is 52.6 Å². The number of nitrogens with one attached hydrogen (secondary N) is 1. The number of carbonyl (C=O) groups is 1. The van der Waals surface area contributed by atoms with Gasteiger partial charge in [-0.1, -0.05) is 20.3 Å². The molecule has 0 bridgehead atoms. The van der Waals surface area contributed by atoms with Crippen molar-refractivity contribution in [3.8, 4) is 0 Å². The highest BCUT2D eigenvalue weighted by molar-refractivity contribution is 5.88. The maximum absolute atomic E-state index is 11.5. The molecular formula is C15H23N5O2. The van der Waals surface area contributed by atoms with Gasteiger partial charge >= 0.3 is 5.97 Å². The summed E-state index contributed by atoms with van der Waals surface area (Å²) < 4.78 is 1.81. The first-order valence-electron chi connectivity index (χ1n) is 7.44. The third kappa shape index (κ3) is 3.03. The standard InChI is InChI=1S/C15H23N5O2/c1-6-9(2)11(14(21)22)19-12-10-7-18-20(15(3,4)5)13(10)17-8-16-12/h7-9,11H,6H2,1-5H3,(H,21,22)(H,16,17,19)/t9-,11-/m0/s1. The fourth-order valence-electron chi connectivity index (χ4n) is 2.28. The largest absolute Gasteiger partial charge is 0.480 e. The van der Waals surface area contributed by atoms with Crippen LogP contribution in [0, 0.1) is 5.92 Å². The molecule has 0 aromatic carbocycles. The molecule has 0 aliphatic heterocycles. The van der Waals surface area contributed by atoms with Crippen molar-refractivity contribution < 1.29 is 9.90 Å². The number of aliphatic carboxylic acids is 1. The van der Waals surface area contributed by atoms with Gasteiger partial charge in [-0.3, -0.25) is 0 Å². The van der Waals surface area contributed by atoms with Gasteiger partial charge in [-0.25, -0.2) is 19.4 Å². The molecule has 0 saturated carbocycles. The molecule has 120 valence electrons. The van der Waals surface area contributed by atoms with Crippen LogP contribution >= 0.6 is 0 Å². The summed E-state index contributed by atoms with van der Waals surface area (Å²) in [4.78, 5) is 20.0. The summed E-state index contributed by atoms with van der Waals surface area (Å²) >= 11 is 0. The zero-order chi connectivity index (χ0) is 16.5. The lowest BCUT2D eigenvalue weighted by atomic mass is 9.99. The Labute approximate surface area is 129 Å². The minimum atomic E-state index is -0.885. The third-order valence-corrected chi connectivity index (χ3v) is 3.77. The van der Waals surface area contributed by atoms with Crippen molar-refractivity contribution in [3.05, 3.63) is 12.5 Å². The van der Waals surface area contributed by atoms with E-state index in [1.807, 2.05) is 39.3 Å². The monoisotopic (exact) mass is 305 g/mol. The molecule has 2 aromatic heterocycles. The van der Waals surface area contributed by atoms with Gasteiger partial charge in [-0.2, -0.15) is 5.10 Å². The van der Waals surface area contributed by atoms with Crippen molar-refractivity contribution in [1.29, 1.82) is 0 Å². The quantitative estimate of drug-likeness (QED) is 0.881. The van der Waals surface area contributed by atoms with Crippen molar-refractivity contribution in [2.24, 2.45) is 5.92 Å². The first kappa shape index (κ1) is 16.2. The molecule has 0 radical (unpaired) electrons. The van der Waals surface area contributed by atoms with E-state index in [0.717, 1.165) is 11.8 Å². The van der Waals surface area contributed by atoms with Gasteiger partial charge in [0.1, 0.15) is 18.2 Å². The molecule has 2 heterocycles. The summed E-state index contributed by atoms with van der Waals surface area (Å²) in [6, 6.07) is -0.693. The van der Waals surface area contributed by atoms with E-state index in [1.165, 1.54) is 6.33 Å². The first-order chi connectivity index (χ1) is 10.3. The minimum Gasteiger partial charge on any atom is -0.480 e. The van der Waals surface area contributed by atoms with Gasteiger partial charge < -0.3 is 10.4 Å². The van der Waals surface area contributed by atoms with Gasteiger partial charge in [-0.05, 0) is 26.7 Å². The Morgan fingerprint density at radius 1 is 1.41 bits per heavy atom. The smallest absolute Gasteiger partial charge is 0.326 e. The van der Waals surface area contributed by atoms with Crippen LogP contribution < -0.4 is 5.32 Å². The van der Waals surface area contributed by atoms with Crippen LogP contribution in [-0.4, -0.2) is 36.9 Å². The molecule has 2 atom stereocenters. The van der Waals surface area contributed by atoms with E-state index in [4.69, 9.17) is 0 Å². The molecule has 0 fully saturated rings. The average molecular weight is 305 g/mol. The molecule has 2 rings (SSSR count). The second-order valence-electron chi connectivity index (χ2n) is 6.53. The Bertz CT molecular complexity index is 674. The molecule has 0 saturated heterocycles. The lowest BCUT2D eigenvalue weighted by Crippen LogP contribution is -2.35. The van der Waals surface area contributed by atoms with Gasteiger partial charge in [0.2, 0.25) is 0 Å². The lowest BCUT2D eigenvalue weighted by molar-refractivity contribution is -0.139. The lowest BCUT2D eigenvalue weighted by Gasteiger charge is -2.21. The van der Waals surface area contributed by atoms with E-state index in [-0.39, 0.29) is 11.5 Å². The van der Waals surface area contributed by atoms with Crippen molar-refractivity contribution in [1.82, 2.24) is 19.7 Å². The predicted octanol–water partition coefficient (Wildman–Crippen LogP) is 2.49. The highest BCUT2D eigenvalue weighted by atomic mass is 16.4. The summed E-state index contributed by atoms with van der Waals surface area (Å²) in [6.07, 6.45) is 3.88. The number of nitrogens with zero attached hydrogens (tertiary/aromatic N) is 4. The molecule has 0 amide bonds. The molecule has 0 aliphatic carbocycles. The topological polar surface area (TPSA) is 92.9 Å². The minimum absolute atomic E-state index is 0.0137. The maximum atomic E-state index is 11.5. The van der Waals surface area contributed by atoms with E-state index in [1.54, 1.807) is 6.20 Å². The van der Waals surface area contributed by atoms with Crippen LogP contribution in [0.5, 0.6) is 0 Å². The number of carboxylic acids is 1. The Morgan fingerprint density at radius 2 is 2.09 bits per heavy atom. The second kappa shape index (κ2) is 5.90. The van der Waals surface area contributed by atoms with Gasteiger partial charge in [-0.15, -0.1) is 0 Å². The van der Waals surface area contributed by atoms with Crippen molar-refractivity contribution in [2.75, 3.05) is 5.32 Å². The van der Waals surface area contributed by atoms with E-state index in [2.05, 4.69) is 20.4 Å². The van der Waals surface area contributed by atoms with E-state index >= 15 is 0 Å².